The average Bonchev–Trinajstić information content (AvgIpc) is 2.49. The van der Waals surface area contributed by atoms with Gasteiger partial charge < -0.3 is 10.3 Å². The molecule has 92 valence electrons. The Labute approximate surface area is 97.6 Å². The summed E-state index contributed by atoms with van der Waals surface area (Å²) in [6, 6.07) is 0.0745. The second-order valence-electron chi connectivity index (χ2n) is 5.76. The molecule has 2 unspecified atom stereocenters. The van der Waals surface area contributed by atoms with Crippen LogP contribution in [0.1, 0.15) is 46.3 Å². The molecule has 1 aromatic heterocycles. The Balaban J connectivity index is 2.58. The Morgan fingerprint density at radius 3 is 2.38 bits per heavy atom. The van der Waals surface area contributed by atoms with E-state index in [1.807, 2.05) is 6.92 Å². The van der Waals surface area contributed by atoms with E-state index in [9.17, 15) is 0 Å². The molecular weight excluding hydrogens is 202 g/mol. The van der Waals surface area contributed by atoms with Gasteiger partial charge in [0.15, 0.2) is 5.82 Å². The number of aromatic nitrogens is 2. The summed E-state index contributed by atoms with van der Waals surface area (Å²) < 4.78 is 5.21. The van der Waals surface area contributed by atoms with Crippen molar-refractivity contribution in [2.75, 3.05) is 0 Å². The average molecular weight is 225 g/mol. The van der Waals surface area contributed by atoms with Gasteiger partial charge in [-0.3, -0.25) is 0 Å². The van der Waals surface area contributed by atoms with Gasteiger partial charge in [0.2, 0.25) is 5.89 Å². The normalized spacial score (nSPS) is 16.1. The molecule has 0 bridgehead atoms. The van der Waals surface area contributed by atoms with Crippen LogP contribution in [0.25, 0.3) is 0 Å². The first-order valence-electron chi connectivity index (χ1n) is 5.86. The first-order valence-corrected chi connectivity index (χ1v) is 5.86. The monoisotopic (exact) mass is 225 g/mol. The molecule has 0 saturated carbocycles. The van der Waals surface area contributed by atoms with Gasteiger partial charge in [-0.05, 0) is 18.3 Å². The van der Waals surface area contributed by atoms with E-state index >= 15 is 0 Å². The fourth-order valence-corrected chi connectivity index (χ4v) is 1.31. The van der Waals surface area contributed by atoms with Gasteiger partial charge in [-0.25, -0.2) is 0 Å². The molecule has 4 nitrogen and oxygen atoms in total. The summed E-state index contributed by atoms with van der Waals surface area (Å²) in [5.74, 6) is 1.94. The van der Waals surface area contributed by atoms with Gasteiger partial charge in [-0.15, -0.1) is 0 Å². The van der Waals surface area contributed by atoms with Crippen LogP contribution in [-0.2, 0) is 12.8 Å². The predicted molar refractivity (Wildman–Crippen MR) is 64.0 cm³/mol. The summed E-state index contributed by atoms with van der Waals surface area (Å²) in [7, 11) is 0. The first kappa shape index (κ1) is 13.2. The summed E-state index contributed by atoms with van der Waals surface area (Å²) in [6.07, 6.45) is 1.50. The van der Waals surface area contributed by atoms with E-state index in [-0.39, 0.29) is 11.5 Å². The van der Waals surface area contributed by atoms with E-state index in [0.29, 0.717) is 18.2 Å². The fourth-order valence-electron chi connectivity index (χ4n) is 1.31. The molecule has 0 fully saturated rings. The van der Waals surface area contributed by atoms with E-state index in [1.165, 1.54) is 0 Å². The van der Waals surface area contributed by atoms with Crippen molar-refractivity contribution < 1.29 is 4.52 Å². The van der Waals surface area contributed by atoms with Crippen molar-refractivity contribution in [1.29, 1.82) is 0 Å². The van der Waals surface area contributed by atoms with Crippen LogP contribution in [-0.4, -0.2) is 16.2 Å². The van der Waals surface area contributed by atoms with Gasteiger partial charge >= 0.3 is 0 Å². The highest BCUT2D eigenvalue weighted by Gasteiger charge is 2.22. The fraction of sp³-hybridized carbons (Fsp3) is 0.833. The van der Waals surface area contributed by atoms with Gasteiger partial charge in [-0.2, -0.15) is 4.98 Å². The Morgan fingerprint density at radius 2 is 1.88 bits per heavy atom. The van der Waals surface area contributed by atoms with Crippen molar-refractivity contribution >= 4 is 0 Å². The van der Waals surface area contributed by atoms with Gasteiger partial charge in [0.25, 0.3) is 0 Å². The number of rotatable bonds is 4. The number of hydrogen-bond acceptors (Lipinski definition) is 4. The van der Waals surface area contributed by atoms with Crippen LogP contribution < -0.4 is 5.73 Å². The summed E-state index contributed by atoms with van der Waals surface area (Å²) >= 11 is 0. The van der Waals surface area contributed by atoms with Crippen LogP contribution in [0.5, 0.6) is 0 Å². The highest BCUT2D eigenvalue weighted by atomic mass is 16.5. The minimum Gasteiger partial charge on any atom is -0.339 e. The predicted octanol–water partition coefficient (Wildman–Crippen LogP) is 2.18. The lowest BCUT2D eigenvalue weighted by Crippen LogP contribution is -2.20. The molecule has 4 heteroatoms. The smallest absolute Gasteiger partial charge is 0.226 e. The molecule has 0 saturated heterocycles. The van der Waals surface area contributed by atoms with E-state index in [0.717, 1.165) is 12.3 Å². The SMILES string of the molecule is CC(N)Cc1noc(CC(C)C(C)(C)C)n1. The second-order valence-corrected chi connectivity index (χ2v) is 5.76. The van der Waals surface area contributed by atoms with Crippen molar-refractivity contribution in [3.8, 4) is 0 Å². The van der Waals surface area contributed by atoms with Crippen LogP contribution in [0.3, 0.4) is 0 Å². The van der Waals surface area contributed by atoms with Crippen LogP contribution in [0.2, 0.25) is 0 Å². The third-order valence-corrected chi connectivity index (χ3v) is 2.97. The maximum absolute atomic E-state index is 5.68. The maximum atomic E-state index is 5.68. The molecule has 16 heavy (non-hydrogen) atoms. The lowest BCUT2D eigenvalue weighted by Gasteiger charge is -2.25. The summed E-state index contributed by atoms with van der Waals surface area (Å²) in [5.41, 5.74) is 5.94. The van der Waals surface area contributed by atoms with Crippen LogP contribution in [0.4, 0.5) is 0 Å². The zero-order valence-corrected chi connectivity index (χ0v) is 10.9. The van der Waals surface area contributed by atoms with Crippen molar-refractivity contribution in [1.82, 2.24) is 10.1 Å². The first-order chi connectivity index (χ1) is 7.29. The van der Waals surface area contributed by atoms with Gasteiger partial charge in [0.1, 0.15) is 0 Å². The van der Waals surface area contributed by atoms with E-state index in [1.54, 1.807) is 0 Å². The maximum Gasteiger partial charge on any atom is 0.226 e. The van der Waals surface area contributed by atoms with Gasteiger partial charge in [0.05, 0.1) is 0 Å². The Morgan fingerprint density at radius 1 is 1.25 bits per heavy atom. The van der Waals surface area contributed by atoms with Crippen molar-refractivity contribution in [3.05, 3.63) is 11.7 Å². The number of nitrogens with two attached hydrogens (primary N) is 1. The van der Waals surface area contributed by atoms with Crippen molar-refractivity contribution in [3.63, 3.8) is 0 Å². The molecule has 2 N–H and O–H groups in total. The van der Waals surface area contributed by atoms with E-state index in [2.05, 4.69) is 37.8 Å². The van der Waals surface area contributed by atoms with Gasteiger partial charge in [-0.1, -0.05) is 32.9 Å². The Hall–Kier alpha value is -0.900. The minimum atomic E-state index is 0.0745. The molecule has 1 aromatic rings. The zero-order chi connectivity index (χ0) is 12.3. The summed E-state index contributed by atoms with van der Waals surface area (Å²) in [6.45, 7) is 10.8. The van der Waals surface area contributed by atoms with Crippen molar-refractivity contribution in [2.45, 2.75) is 53.5 Å². The molecule has 2 atom stereocenters. The number of hydrogen-bond donors (Lipinski definition) is 1. The lowest BCUT2D eigenvalue weighted by atomic mass is 9.80. The molecular formula is C12H23N3O. The standard InChI is InChI=1S/C12H23N3O/c1-8(12(3,4)5)6-11-14-10(15-16-11)7-9(2)13/h8-9H,6-7,13H2,1-5H3. The lowest BCUT2D eigenvalue weighted by molar-refractivity contribution is 0.236. The zero-order valence-electron chi connectivity index (χ0n) is 10.9. The van der Waals surface area contributed by atoms with Crippen molar-refractivity contribution in [2.24, 2.45) is 17.1 Å². The molecule has 0 radical (unpaired) electrons. The Bertz CT molecular complexity index is 325. The second kappa shape index (κ2) is 4.95. The Kier molecular flexibility index (Phi) is 4.08. The molecule has 0 aliphatic heterocycles. The molecule has 0 aliphatic carbocycles. The summed E-state index contributed by atoms with van der Waals surface area (Å²) in [4.78, 5) is 4.35. The highest BCUT2D eigenvalue weighted by Crippen LogP contribution is 2.27. The summed E-state index contributed by atoms with van der Waals surface area (Å²) in [5, 5.41) is 3.93. The topological polar surface area (TPSA) is 64.9 Å². The third kappa shape index (κ3) is 3.93. The molecule has 1 rings (SSSR count). The van der Waals surface area contributed by atoms with Crippen LogP contribution in [0.15, 0.2) is 4.52 Å². The molecule has 0 amide bonds. The van der Waals surface area contributed by atoms with Gasteiger partial charge in [0, 0.05) is 18.9 Å². The quantitative estimate of drug-likeness (QED) is 0.853. The highest BCUT2D eigenvalue weighted by molar-refractivity contribution is 4.91. The largest absolute Gasteiger partial charge is 0.339 e. The third-order valence-electron chi connectivity index (χ3n) is 2.97. The molecule has 0 aromatic carbocycles. The van der Waals surface area contributed by atoms with E-state index < -0.39 is 0 Å². The molecule has 1 heterocycles. The molecule has 0 aliphatic rings. The van der Waals surface area contributed by atoms with E-state index in [4.69, 9.17) is 10.3 Å². The number of nitrogens with zero attached hydrogens (tertiary/aromatic N) is 2. The van der Waals surface area contributed by atoms with Crippen LogP contribution >= 0.6 is 0 Å². The molecule has 0 spiro atoms. The minimum absolute atomic E-state index is 0.0745. The van der Waals surface area contributed by atoms with Crippen LogP contribution in [0, 0.1) is 11.3 Å².